The summed E-state index contributed by atoms with van der Waals surface area (Å²) in [6, 6.07) is 3.20. The Morgan fingerprint density at radius 3 is 2.45 bits per heavy atom. The van der Waals surface area contributed by atoms with Gasteiger partial charge in [-0.15, -0.1) is 0 Å². The fourth-order valence-corrected chi connectivity index (χ4v) is 2.12. The van der Waals surface area contributed by atoms with Crippen molar-refractivity contribution in [3.63, 3.8) is 0 Å². The Labute approximate surface area is 128 Å². The highest BCUT2D eigenvalue weighted by Crippen LogP contribution is 2.27. The molecular weight excluding hydrogens is 288 g/mol. The molecule has 120 valence electrons. The molecule has 0 saturated carbocycles. The second-order valence-electron chi connectivity index (χ2n) is 5.34. The molecule has 7 heteroatoms. The Balaban J connectivity index is 3.06. The number of nitrogens with zero attached hydrogens (tertiary/aromatic N) is 1. The number of hydrogen-bond acceptors (Lipinski definition) is 4. The SMILES string of the molecule is CCCC(NC(=O)c1ccc(C(C)C)c([N+](=O)[O-])c1)C(=O)O. The molecule has 1 amide bonds. The number of carboxylic acids is 1. The molecule has 0 heterocycles. The molecule has 0 bridgehead atoms. The molecule has 1 atom stereocenters. The molecule has 0 aliphatic heterocycles. The van der Waals surface area contributed by atoms with Crippen LogP contribution in [0.25, 0.3) is 0 Å². The summed E-state index contributed by atoms with van der Waals surface area (Å²) in [5, 5.41) is 22.5. The maximum atomic E-state index is 12.1. The highest BCUT2D eigenvalue weighted by molar-refractivity contribution is 5.97. The molecule has 0 aliphatic rings. The average Bonchev–Trinajstić information content (AvgIpc) is 2.45. The fraction of sp³-hybridized carbons (Fsp3) is 0.467. The smallest absolute Gasteiger partial charge is 0.326 e. The van der Waals surface area contributed by atoms with E-state index in [0.29, 0.717) is 18.4 Å². The van der Waals surface area contributed by atoms with Gasteiger partial charge in [-0.25, -0.2) is 4.79 Å². The molecule has 7 nitrogen and oxygen atoms in total. The van der Waals surface area contributed by atoms with Crippen LogP contribution in [0.2, 0.25) is 0 Å². The lowest BCUT2D eigenvalue weighted by Crippen LogP contribution is -2.40. The summed E-state index contributed by atoms with van der Waals surface area (Å²) in [6.07, 6.45) is 0.900. The Morgan fingerprint density at radius 1 is 1.36 bits per heavy atom. The van der Waals surface area contributed by atoms with Gasteiger partial charge in [0.2, 0.25) is 0 Å². The second kappa shape index (κ2) is 7.53. The topological polar surface area (TPSA) is 110 Å². The van der Waals surface area contributed by atoms with E-state index in [0.717, 1.165) is 0 Å². The summed E-state index contributed by atoms with van der Waals surface area (Å²) in [5.41, 5.74) is 0.480. The highest BCUT2D eigenvalue weighted by Gasteiger charge is 2.23. The van der Waals surface area contributed by atoms with Crippen LogP contribution >= 0.6 is 0 Å². The van der Waals surface area contributed by atoms with Gasteiger partial charge in [0.1, 0.15) is 6.04 Å². The molecule has 0 aliphatic carbocycles. The number of nitro benzene ring substituents is 1. The number of carboxylic acid groups (broad SMARTS) is 1. The van der Waals surface area contributed by atoms with Crippen molar-refractivity contribution in [1.82, 2.24) is 5.32 Å². The lowest BCUT2D eigenvalue weighted by molar-refractivity contribution is -0.385. The zero-order valence-corrected chi connectivity index (χ0v) is 12.8. The maximum Gasteiger partial charge on any atom is 0.326 e. The van der Waals surface area contributed by atoms with Crippen molar-refractivity contribution in [3.05, 3.63) is 39.4 Å². The van der Waals surface area contributed by atoms with E-state index >= 15 is 0 Å². The van der Waals surface area contributed by atoms with Crippen LogP contribution in [-0.2, 0) is 4.79 Å². The number of rotatable bonds is 7. The van der Waals surface area contributed by atoms with E-state index in [-0.39, 0.29) is 17.2 Å². The van der Waals surface area contributed by atoms with Crippen LogP contribution in [0.5, 0.6) is 0 Å². The van der Waals surface area contributed by atoms with Gasteiger partial charge >= 0.3 is 5.97 Å². The van der Waals surface area contributed by atoms with Crippen molar-refractivity contribution < 1.29 is 19.6 Å². The first-order chi connectivity index (χ1) is 10.3. The lowest BCUT2D eigenvalue weighted by atomic mass is 9.99. The number of carbonyl (C=O) groups excluding carboxylic acids is 1. The van der Waals surface area contributed by atoms with Crippen LogP contribution in [-0.4, -0.2) is 27.9 Å². The maximum absolute atomic E-state index is 12.1. The van der Waals surface area contributed by atoms with Gasteiger partial charge in [-0.2, -0.15) is 0 Å². The normalized spacial score (nSPS) is 12.0. The highest BCUT2D eigenvalue weighted by atomic mass is 16.6. The molecule has 22 heavy (non-hydrogen) atoms. The summed E-state index contributed by atoms with van der Waals surface area (Å²) < 4.78 is 0. The number of aliphatic carboxylic acids is 1. The zero-order chi connectivity index (χ0) is 16.9. The van der Waals surface area contributed by atoms with Crippen LogP contribution in [0, 0.1) is 10.1 Å². The largest absolute Gasteiger partial charge is 0.480 e. The van der Waals surface area contributed by atoms with Crippen molar-refractivity contribution >= 4 is 17.6 Å². The molecule has 2 N–H and O–H groups in total. The summed E-state index contributed by atoms with van der Waals surface area (Å²) in [5.74, 6) is -1.80. The van der Waals surface area contributed by atoms with Gasteiger partial charge in [-0.1, -0.05) is 33.3 Å². The van der Waals surface area contributed by atoms with Crippen molar-refractivity contribution in [1.29, 1.82) is 0 Å². The Morgan fingerprint density at radius 2 is 2.00 bits per heavy atom. The molecule has 0 saturated heterocycles. The monoisotopic (exact) mass is 308 g/mol. The van der Waals surface area contributed by atoms with Gasteiger partial charge in [0.05, 0.1) is 4.92 Å². The van der Waals surface area contributed by atoms with Gasteiger partial charge < -0.3 is 10.4 Å². The Bertz CT molecular complexity index is 583. The standard InChI is InChI=1S/C15H20N2O5/c1-4-5-12(15(19)20)16-14(18)10-6-7-11(9(2)3)13(8-10)17(21)22/h6-9,12H,4-5H2,1-3H3,(H,16,18)(H,19,20). The number of carbonyl (C=O) groups is 2. The molecule has 0 aromatic heterocycles. The third kappa shape index (κ3) is 4.28. The van der Waals surface area contributed by atoms with E-state index in [4.69, 9.17) is 5.11 Å². The van der Waals surface area contributed by atoms with E-state index in [1.165, 1.54) is 18.2 Å². The van der Waals surface area contributed by atoms with E-state index in [9.17, 15) is 19.7 Å². The fourth-order valence-electron chi connectivity index (χ4n) is 2.12. The Kier molecular flexibility index (Phi) is 6.03. The van der Waals surface area contributed by atoms with Crippen LogP contribution in [0.3, 0.4) is 0 Å². The predicted molar refractivity (Wildman–Crippen MR) is 81.0 cm³/mol. The van der Waals surface area contributed by atoms with E-state index in [1.807, 2.05) is 20.8 Å². The van der Waals surface area contributed by atoms with Gasteiger partial charge in [0, 0.05) is 17.2 Å². The molecule has 0 radical (unpaired) electrons. The zero-order valence-electron chi connectivity index (χ0n) is 12.8. The number of nitro groups is 1. The summed E-state index contributed by atoms with van der Waals surface area (Å²) >= 11 is 0. The van der Waals surface area contributed by atoms with Gasteiger partial charge in [0.25, 0.3) is 11.6 Å². The van der Waals surface area contributed by atoms with E-state index in [2.05, 4.69) is 5.32 Å². The second-order valence-corrected chi connectivity index (χ2v) is 5.34. The van der Waals surface area contributed by atoms with Crippen molar-refractivity contribution in [2.24, 2.45) is 0 Å². The molecule has 1 unspecified atom stereocenters. The summed E-state index contributed by atoms with van der Waals surface area (Å²) in [6.45, 7) is 5.46. The number of amides is 1. The van der Waals surface area contributed by atoms with Gasteiger partial charge in [-0.3, -0.25) is 14.9 Å². The van der Waals surface area contributed by atoms with Gasteiger partial charge in [0.15, 0.2) is 0 Å². The molecule has 1 aromatic carbocycles. The average molecular weight is 308 g/mol. The van der Waals surface area contributed by atoms with Crippen molar-refractivity contribution in [2.45, 2.75) is 45.6 Å². The Hall–Kier alpha value is -2.44. The van der Waals surface area contributed by atoms with Crippen LogP contribution in [0.1, 0.15) is 55.5 Å². The van der Waals surface area contributed by atoms with E-state index in [1.54, 1.807) is 0 Å². The first kappa shape index (κ1) is 17.6. The first-order valence-corrected chi connectivity index (χ1v) is 7.09. The van der Waals surface area contributed by atoms with Crippen LogP contribution in [0.15, 0.2) is 18.2 Å². The predicted octanol–water partition coefficient (Wildman–Crippen LogP) is 2.70. The minimum absolute atomic E-state index is 0.0515. The van der Waals surface area contributed by atoms with E-state index < -0.39 is 22.8 Å². The van der Waals surface area contributed by atoms with Crippen molar-refractivity contribution in [2.75, 3.05) is 0 Å². The summed E-state index contributed by atoms with van der Waals surface area (Å²) in [7, 11) is 0. The quantitative estimate of drug-likeness (QED) is 0.594. The molecular formula is C15H20N2O5. The lowest BCUT2D eigenvalue weighted by Gasteiger charge is -2.14. The minimum Gasteiger partial charge on any atom is -0.480 e. The third-order valence-corrected chi connectivity index (χ3v) is 3.29. The molecule has 1 aromatic rings. The minimum atomic E-state index is -1.12. The summed E-state index contributed by atoms with van der Waals surface area (Å²) in [4.78, 5) is 33.7. The third-order valence-electron chi connectivity index (χ3n) is 3.29. The van der Waals surface area contributed by atoms with Crippen molar-refractivity contribution in [3.8, 4) is 0 Å². The molecule has 0 fully saturated rings. The molecule has 0 spiro atoms. The molecule has 1 rings (SSSR count). The van der Waals surface area contributed by atoms with Gasteiger partial charge in [-0.05, 0) is 18.4 Å². The number of nitrogens with one attached hydrogen (secondary N) is 1. The van der Waals surface area contributed by atoms with Crippen LogP contribution in [0.4, 0.5) is 5.69 Å². The number of hydrogen-bond donors (Lipinski definition) is 2. The number of benzene rings is 1. The van der Waals surface area contributed by atoms with Crippen LogP contribution < -0.4 is 5.32 Å². The first-order valence-electron chi connectivity index (χ1n) is 7.09.